The maximum Gasteiger partial charge on any atom is 0.339 e. The van der Waals surface area contributed by atoms with E-state index in [0.717, 1.165) is 33.0 Å². The lowest BCUT2D eigenvalue weighted by Gasteiger charge is -2.19. The second-order valence-electron chi connectivity index (χ2n) is 9.91. The van der Waals surface area contributed by atoms with Crippen molar-refractivity contribution in [3.05, 3.63) is 79.9 Å². The van der Waals surface area contributed by atoms with Crippen LogP contribution in [0.2, 0.25) is 5.02 Å². The van der Waals surface area contributed by atoms with Crippen molar-refractivity contribution in [1.82, 2.24) is 10.6 Å². The van der Waals surface area contributed by atoms with Crippen molar-refractivity contribution in [2.75, 3.05) is 6.54 Å². The fraction of sp³-hybridized carbons (Fsp3) is 0.333. The Kier molecular flexibility index (Phi) is 8.94. The van der Waals surface area contributed by atoms with Crippen molar-refractivity contribution < 1.29 is 28.3 Å². The number of halogens is 1. The molecule has 0 aliphatic carbocycles. The first-order valence-electron chi connectivity index (χ1n) is 13.0. The zero-order valence-corrected chi connectivity index (χ0v) is 23.3. The zero-order valence-electron chi connectivity index (χ0n) is 22.6. The molecule has 1 atom stereocenters. The predicted octanol–water partition coefficient (Wildman–Crippen LogP) is 4.76. The Morgan fingerprint density at radius 1 is 1.00 bits per heavy atom. The van der Waals surface area contributed by atoms with Gasteiger partial charge in [-0.1, -0.05) is 23.7 Å². The van der Waals surface area contributed by atoms with Gasteiger partial charge in [0.25, 0.3) is 0 Å². The Labute approximate surface area is 235 Å². The van der Waals surface area contributed by atoms with Crippen LogP contribution >= 0.6 is 11.6 Å². The molecule has 2 aromatic carbocycles. The van der Waals surface area contributed by atoms with E-state index in [4.69, 9.17) is 25.5 Å². The number of carboxylic acids is 1. The number of nitrogens with one attached hydrogen (secondary N) is 2. The number of carboxylic acid groups (broad SMARTS) is 1. The quantitative estimate of drug-likeness (QED) is 0.176. The summed E-state index contributed by atoms with van der Waals surface area (Å²) in [5.74, 6) is -1.78. The Balaban J connectivity index is 1.50. The topological polar surface area (TPSA) is 139 Å². The fourth-order valence-corrected chi connectivity index (χ4v) is 4.88. The number of aryl methyl sites for hydroxylation is 3. The molecule has 0 saturated heterocycles. The van der Waals surface area contributed by atoms with Crippen LogP contribution < -0.4 is 16.3 Å². The van der Waals surface area contributed by atoms with Gasteiger partial charge in [-0.25, -0.2) is 4.79 Å². The minimum absolute atomic E-state index is 0.0352. The standard InChI is InChI=1S/C30H31ClN2O7/c1-16-15-39-27-18(3)28-23(14-22(16)27)17(2)21(30(38)40-28)10-11-25(34)33-24(13-19-6-8-20(31)9-7-19)29(37)32-12-4-5-26(35)36/h6-9,14-15,24H,4-5,10-13H2,1-3H3,(H,32,37)(H,33,34)(H,35,36). The monoisotopic (exact) mass is 566 g/mol. The Bertz CT molecular complexity index is 1640. The summed E-state index contributed by atoms with van der Waals surface area (Å²) in [7, 11) is 0. The number of rotatable bonds is 11. The van der Waals surface area contributed by atoms with E-state index in [9.17, 15) is 19.2 Å². The van der Waals surface area contributed by atoms with Crippen molar-refractivity contribution in [2.24, 2.45) is 0 Å². The predicted molar refractivity (Wildman–Crippen MR) is 152 cm³/mol. The summed E-state index contributed by atoms with van der Waals surface area (Å²) in [6.45, 7) is 5.79. The molecule has 210 valence electrons. The molecule has 0 saturated carbocycles. The molecule has 0 spiro atoms. The van der Waals surface area contributed by atoms with Crippen molar-refractivity contribution in [3.63, 3.8) is 0 Å². The maximum atomic E-state index is 13.0. The molecule has 10 heteroatoms. The van der Waals surface area contributed by atoms with Crippen LogP contribution in [0.3, 0.4) is 0 Å². The van der Waals surface area contributed by atoms with Gasteiger partial charge in [-0.05, 0) is 68.5 Å². The Morgan fingerprint density at radius 2 is 1.73 bits per heavy atom. The van der Waals surface area contributed by atoms with E-state index in [0.29, 0.717) is 21.8 Å². The molecule has 2 aromatic heterocycles. The summed E-state index contributed by atoms with van der Waals surface area (Å²) in [4.78, 5) is 49.6. The molecule has 0 aliphatic heterocycles. The van der Waals surface area contributed by atoms with Crippen LogP contribution in [0.5, 0.6) is 0 Å². The van der Waals surface area contributed by atoms with Crippen LogP contribution in [-0.4, -0.2) is 35.5 Å². The van der Waals surface area contributed by atoms with Gasteiger partial charge < -0.3 is 24.6 Å². The third-order valence-corrected chi connectivity index (χ3v) is 7.26. The third-order valence-electron chi connectivity index (χ3n) is 7.01. The summed E-state index contributed by atoms with van der Waals surface area (Å²) in [5.41, 5.74) is 4.25. The van der Waals surface area contributed by atoms with E-state index in [2.05, 4.69) is 10.6 Å². The van der Waals surface area contributed by atoms with E-state index < -0.39 is 29.5 Å². The van der Waals surface area contributed by atoms with E-state index in [1.165, 1.54) is 0 Å². The molecule has 2 heterocycles. The first-order valence-corrected chi connectivity index (χ1v) is 13.4. The lowest BCUT2D eigenvalue weighted by Crippen LogP contribution is -2.48. The van der Waals surface area contributed by atoms with Crippen molar-refractivity contribution >= 4 is 51.3 Å². The summed E-state index contributed by atoms with van der Waals surface area (Å²) >= 11 is 5.97. The molecule has 4 aromatic rings. The lowest BCUT2D eigenvalue weighted by molar-refractivity contribution is -0.137. The average molecular weight is 567 g/mol. The number of furan rings is 1. The molecule has 0 aliphatic rings. The summed E-state index contributed by atoms with van der Waals surface area (Å²) in [5, 5.41) is 16.6. The van der Waals surface area contributed by atoms with Crippen LogP contribution in [0.1, 0.15) is 47.1 Å². The number of carbonyl (C=O) groups is 3. The smallest absolute Gasteiger partial charge is 0.339 e. The first kappa shape index (κ1) is 28.9. The molecule has 4 rings (SSSR count). The molecule has 0 fully saturated rings. The van der Waals surface area contributed by atoms with Gasteiger partial charge in [0.15, 0.2) is 0 Å². The molecule has 0 radical (unpaired) electrons. The van der Waals surface area contributed by atoms with Gasteiger partial charge in [0, 0.05) is 52.7 Å². The normalized spacial score (nSPS) is 12.0. The minimum atomic E-state index is -0.951. The first-order chi connectivity index (χ1) is 19.0. The van der Waals surface area contributed by atoms with Gasteiger partial charge in [0.2, 0.25) is 11.8 Å². The largest absolute Gasteiger partial charge is 0.481 e. The maximum absolute atomic E-state index is 13.0. The van der Waals surface area contributed by atoms with Gasteiger partial charge in [0.05, 0.1) is 6.26 Å². The van der Waals surface area contributed by atoms with Crippen LogP contribution in [0.4, 0.5) is 0 Å². The molecule has 2 amide bonds. The SMILES string of the molecule is Cc1coc2c(C)c3oc(=O)c(CCC(=O)NC(Cc4ccc(Cl)cc4)C(=O)NCCCC(=O)O)c(C)c3cc12. The number of aliphatic carboxylic acids is 1. The average Bonchev–Trinajstić information content (AvgIpc) is 3.28. The molecule has 40 heavy (non-hydrogen) atoms. The summed E-state index contributed by atoms with van der Waals surface area (Å²) < 4.78 is 11.3. The van der Waals surface area contributed by atoms with Gasteiger partial charge in [-0.15, -0.1) is 0 Å². The van der Waals surface area contributed by atoms with E-state index >= 15 is 0 Å². The lowest BCUT2D eigenvalue weighted by atomic mass is 9.98. The minimum Gasteiger partial charge on any atom is -0.481 e. The van der Waals surface area contributed by atoms with Crippen LogP contribution in [0.15, 0.2) is 50.2 Å². The second-order valence-corrected chi connectivity index (χ2v) is 10.3. The highest BCUT2D eigenvalue weighted by atomic mass is 35.5. The summed E-state index contributed by atoms with van der Waals surface area (Å²) in [6.07, 6.45) is 2.16. The number of fused-ring (bicyclic) bond motifs is 2. The number of hydrogen-bond donors (Lipinski definition) is 3. The molecule has 0 bridgehead atoms. The molecular formula is C30H31ClN2O7. The number of amides is 2. The van der Waals surface area contributed by atoms with Gasteiger partial charge in [-0.2, -0.15) is 0 Å². The van der Waals surface area contributed by atoms with Crippen molar-refractivity contribution in [3.8, 4) is 0 Å². The number of carbonyl (C=O) groups excluding carboxylic acids is 2. The van der Waals surface area contributed by atoms with E-state index in [-0.39, 0.29) is 38.6 Å². The van der Waals surface area contributed by atoms with Crippen LogP contribution in [-0.2, 0) is 27.2 Å². The highest BCUT2D eigenvalue weighted by Crippen LogP contribution is 2.32. The van der Waals surface area contributed by atoms with Crippen LogP contribution in [0.25, 0.3) is 21.9 Å². The Hall–Kier alpha value is -4.11. The highest BCUT2D eigenvalue weighted by molar-refractivity contribution is 6.30. The fourth-order valence-electron chi connectivity index (χ4n) is 4.75. The van der Waals surface area contributed by atoms with Crippen molar-refractivity contribution in [1.29, 1.82) is 0 Å². The molecule has 1 unspecified atom stereocenters. The molecular weight excluding hydrogens is 536 g/mol. The van der Waals surface area contributed by atoms with Crippen molar-refractivity contribution in [2.45, 2.75) is 58.9 Å². The van der Waals surface area contributed by atoms with Gasteiger partial charge in [0.1, 0.15) is 17.2 Å². The second kappa shape index (κ2) is 12.4. The van der Waals surface area contributed by atoms with Gasteiger partial charge in [-0.3, -0.25) is 14.4 Å². The number of hydrogen-bond acceptors (Lipinski definition) is 6. The Morgan fingerprint density at radius 3 is 2.42 bits per heavy atom. The number of benzene rings is 2. The summed E-state index contributed by atoms with van der Waals surface area (Å²) in [6, 6.07) is 7.97. The molecule has 9 nitrogen and oxygen atoms in total. The zero-order chi connectivity index (χ0) is 29.0. The van der Waals surface area contributed by atoms with E-state index in [1.807, 2.05) is 26.8 Å². The molecule has 3 N–H and O–H groups in total. The third kappa shape index (κ3) is 6.54. The van der Waals surface area contributed by atoms with Crippen LogP contribution in [0, 0.1) is 20.8 Å². The highest BCUT2D eigenvalue weighted by Gasteiger charge is 2.23. The van der Waals surface area contributed by atoms with Gasteiger partial charge >= 0.3 is 11.6 Å². The van der Waals surface area contributed by atoms with E-state index in [1.54, 1.807) is 30.5 Å².